The van der Waals surface area contributed by atoms with Gasteiger partial charge in [0.05, 0.1) is 13.7 Å². The van der Waals surface area contributed by atoms with Crippen LogP contribution in [0.5, 0.6) is 5.75 Å². The molecule has 0 saturated heterocycles. The van der Waals surface area contributed by atoms with E-state index in [0.717, 1.165) is 11.4 Å². The van der Waals surface area contributed by atoms with Gasteiger partial charge in [-0.1, -0.05) is 25.3 Å². The van der Waals surface area contributed by atoms with Crippen LogP contribution in [0, 0.1) is 5.92 Å². The Kier molecular flexibility index (Phi) is 7.39. The number of anilines is 1. The maximum atomic E-state index is 11.9. The summed E-state index contributed by atoms with van der Waals surface area (Å²) < 4.78 is 5.16. The Balaban J connectivity index is 1.66. The molecule has 0 aromatic heterocycles. The van der Waals surface area contributed by atoms with Gasteiger partial charge < -0.3 is 21.1 Å². The zero-order valence-corrected chi connectivity index (χ0v) is 14.4. The Morgan fingerprint density at radius 2 is 2.12 bits per heavy atom. The molecule has 2 rings (SSSR count). The Bertz CT molecular complexity index is 554. The van der Waals surface area contributed by atoms with Crippen molar-refractivity contribution in [2.24, 2.45) is 16.6 Å². The lowest BCUT2D eigenvalue weighted by Gasteiger charge is -2.20. The Morgan fingerprint density at radius 3 is 2.88 bits per heavy atom. The number of rotatable bonds is 7. The van der Waals surface area contributed by atoms with Gasteiger partial charge in [-0.15, -0.1) is 0 Å². The average Bonchev–Trinajstić information content (AvgIpc) is 2.60. The standard InChI is InChI=1S/C18H28N4O2/c1-24-16-9-5-8-15(13-16)22-18(19)21-11-10-20-17(23)12-14-6-3-2-4-7-14/h5,8-9,13-14H,2-4,6-7,10-12H2,1H3,(H,20,23)(H3,19,21,22). The van der Waals surface area contributed by atoms with Crippen molar-refractivity contribution in [3.05, 3.63) is 24.3 Å². The van der Waals surface area contributed by atoms with Gasteiger partial charge in [-0.2, -0.15) is 0 Å². The van der Waals surface area contributed by atoms with Crippen molar-refractivity contribution < 1.29 is 9.53 Å². The molecule has 6 nitrogen and oxygen atoms in total. The van der Waals surface area contributed by atoms with Gasteiger partial charge in [-0.05, 0) is 30.9 Å². The summed E-state index contributed by atoms with van der Waals surface area (Å²) in [6, 6.07) is 7.46. The Hall–Kier alpha value is -2.24. The molecule has 0 aliphatic heterocycles. The summed E-state index contributed by atoms with van der Waals surface area (Å²) in [5.74, 6) is 1.76. The summed E-state index contributed by atoms with van der Waals surface area (Å²) >= 11 is 0. The quantitative estimate of drug-likeness (QED) is 0.407. The second-order valence-corrected chi connectivity index (χ2v) is 6.18. The molecule has 1 saturated carbocycles. The molecule has 0 heterocycles. The average molecular weight is 332 g/mol. The van der Waals surface area contributed by atoms with E-state index in [1.54, 1.807) is 7.11 Å². The maximum absolute atomic E-state index is 11.9. The highest BCUT2D eigenvalue weighted by atomic mass is 16.5. The molecular formula is C18H28N4O2. The lowest BCUT2D eigenvalue weighted by molar-refractivity contribution is -0.122. The second-order valence-electron chi connectivity index (χ2n) is 6.18. The first-order valence-electron chi connectivity index (χ1n) is 8.65. The van der Waals surface area contributed by atoms with Gasteiger partial charge in [0.25, 0.3) is 0 Å². The molecule has 1 fully saturated rings. The predicted octanol–water partition coefficient (Wildman–Crippen LogP) is 2.51. The number of benzene rings is 1. The number of hydrogen-bond acceptors (Lipinski definition) is 3. The largest absolute Gasteiger partial charge is 0.497 e. The van der Waals surface area contributed by atoms with Crippen molar-refractivity contribution in [2.75, 3.05) is 25.5 Å². The van der Waals surface area contributed by atoms with Gasteiger partial charge in [0.1, 0.15) is 5.75 Å². The zero-order chi connectivity index (χ0) is 17.2. The highest BCUT2D eigenvalue weighted by Gasteiger charge is 2.16. The first kappa shape index (κ1) is 18.1. The number of nitrogens with one attached hydrogen (secondary N) is 2. The van der Waals surface area contributed by atoms with E-state index in [1.165, 1.54) is 32.1 Å². The summed E-state index contributed by atoms with van der Waals surface area (Å²) in [5, 5.41) is 5.92. The molecule has 132 valence electrons. The molecular weight excluding hydrogens is 304 g/mol. The third-order valence-electron chi connectivity index (χ3n) is 4.26. The molecule has 4 N–H and O–H groups in total. The molecule has 6 heteroatoms. The van der Waals surface area contributed by atoms with Crippen LogP contribution >= 0.6 is 0 Å². The van der Waals surface area contributed by atoms with Crippen LogP contribution in [-0.2, 0) is 4.79 Å². The number of carbonyl (C=O) groups excluding carboxylic acids is 1. The first-order chi connectivity index (χ1) is 11.7. The maximum Gasteiger partial charge on any atom is 0.220 e. The summed E-state index contributed by atoms with van der Waals surface area (Å²) in [6.07, 6.45) is 6.84. The number of carbonyl (C=O) groups is 1. The first-order valence-corrected chi connectivity index (χ1v) is 8.65. The van der Waals surface area contributed by atoms with Crippen molar-refractivity contribution in [1.82, 2.24) is 5.32 Å². The van der Waals surface area contributed by atoms with Gasteiger partial charge in [-0.3, -0.25) is 9.79 Å². The molecule has 1 aromatic carbocycles. The summed E-state index contributed by atoms with van der Waals surface area (Å²) in [4.78, 5) is 16.1. The van der Waals surface area contributed by atoms with Gasteiger partial charge in [0.2, 0.25) is 5.91 Å². The van der Waals surface area contributed by atoms with Crippen molar-refractivity contribution in [3.8, 4) is 5.75 Å². The van der Waals surface area contributed by atoms with Crippen LogP contribution in [0.1, 0.15) is 38.5 Å². The minimum absolute atomic E-state index is 0.122. The lowest BCUT2D eigenvalue weighted by atomic mass is 9.87. The van der Waals surface area contributed by atoms with Crippen LogP contribution in [0.25, 0.3) is 0 Å². The molecule has 1 aliphatic rings. The van der Waals surface area contributed by atoms with Gasteiger partial charge in [-0.25, -0.2) is 0 Å². The number of nitrogens with zero attached hydrogens (tertiary/aromatic N) is 1. The van der Waals surface area contributed by atoms with E-state index >= 15 is 0 Å². The molecule has 24 heavy (non-hydrogen) atoms. The van der Waals surface area contributed by atoms with E-state index in [4.69, 9.17) is 10.5 Å². The van der Waals surface area contributed by atoms with Gasteiger partial charge in [0, 0.05) is 24.7 Å². The Morgan fingerprint density at radius 1 is 1.33 bits per heavy atom. The van der Waals surface area contributed by atoms with Crippen LogP contribution < -0.4 is 21.1 Å². The number of amides is 1. The minimum Gasteiger partial charge on any atom is -0.497 e. The third-order valence-corrected chi connectivity index (χ3v) is 4.26. The number of hydrogen-bond donors (Lipinski definition) is 3. The van der Waals surface area contributed by atoms with Gasteiger partial charge in [0.15, 0.2) is 5.96 Å². The minimum atomic E-state index is 0.122. The zero-order valence-electron chi connectivity index (χ0n) is 14.4. The van der Waals surface area contributed by atoms with Crippen molar-refractivity contribution >= 4 is 17.6 Å². The predicted molar refractivity (Wildman–Crippen MR) is 97.3 cm³/mol. The van der Waals surface area contributed by atoms with Crippen molar-refractivity contribution in [2.45, 2.75) is 38.5 Å². The van der Waals surface area contributed by atoms with E-state index in [0.29, 0.717) is 31.4 Å². The molecule has 0 unspecified atom stereocenters. The number of guanidine groups is 1. The van der Waals surface area contributed by atoms with Crippen molar-refractivity contribution in [3.63, 3.8) is 0 Å². The van der Waals surface area contributed by atoms with Crippen molar-refractivity contribution in [1.29, 1.82) is 0 Å². The second kappa shape index (κ2) is 9.80. The topological polar surface area (TPSA) is 88.7 Å². The fourth-order valence-electron chi connectivity index (χ4n) is 2.99. The third kappa shape index (κ3) is 6.48. The fourth-order valence-corrected chi connectivity index (χ4v) is 2.99. The summed E-state index contributed by atoms with van der Waals surface area (Å²) in [7, 11) is 1.62. The van der Waals surface area contributed by atoms with Crippen LogP contribution in [-0.4, -0.2) is 32.1 Å². The smallest absolute Gasteiger partial charge is 0.220 e. The van der Waals surface area contributed by atoms with E-state index in [-0.39, 0.29) is 5.91 Å². The highest BCUT2D eigenvalue weighted by Crippen LogP contribution is 2.25. The number of nitrogens with two attached hydrogens (primary N) is 1. The number of aliphatic imine (C=N–C) groups is 1. The lowest BCUT2D eigenvalue weighted by Crippen LogP contribution is -2.30. The normalized spacial score (nSPS) is 15.8. The highest BCUT2D eigenvalue weighted by molar-refractivity contribution is 5.92. The van der Waals surface area contributed by atoms with Crippen LogP contribution in [0.2, 0.25) is 0 Å². The molecule has 1 aromatic rings. The molecule has 0 radical (unpaired) electrons. The van der Waals surface area contributed by atoms with Crippen LogP contribution in [0.15, 0.2) is 29.3 Å². The monoisotopic (exact) mass is 332 g/mol. The summed E-state index contributed by atoms with van der Waals surface area (Å²) in [5.41, 5.74) is 6.67. The van der Waals surface area contributed by atoms with E-state index < -0.39 is 0 Å². The summed E-state index contributed by atoms with van der Waals surface area (Å²) in [6.45, 7) is 0.964. The van der Waals surface area contributed by atoms with E-state index in [9.17, 15) is 4.79 Å². The Labute approximate surface area is 143 Å². The molecule has 1 aliphatic carbocycles. The molecule has 0 bridgehead atoms. The SMILES string of the molecule is COc1cccc(NC(N)=NCCNC(=O)CC2CCCCC2)c1. The van der Waals surface area contributed by atoms with E-state index in [2.05, 4.69) is 15.6 Å². The van der Waals surface area contributed by atoms with Crippen LogP contribution in [0.4, 0.5) is 5.69 Å². The van der Waals surface area contributed by atoms with Gasteiger partial charge >= 0.3 is 0 Å². The van der Waals surface area contributed by atoms with Crippen LogP contribution in [0.3, 0.4) is 0 Å². The molecule has 0 spiro atoms. The number of methoxy groups -OCH3 is 1. The fraction of sp³-hybridized carbons (Fsp3) is 0.556. The number of ether oxygens (including phenoxy) is 1. The molecule has 1 amide bonds. The van der Waals surface area contributed by atoms with E-state index in [1.807, 2.05) is 24.3 Å². The molecule has 0 atom stereocenters.